The maximum Gasteiger partial charge on any atom is 0.323 e. The predicted molar refractivity (Wildman–Crippen MR) is 86.3 cm³/mol. The van der Waals surface area contributed by atoms with Gasteiger partial charge in [-0.25, -0.2) is 4.79 Å². The summed E-state index contributed by atoms with van der Waals surface area (Å²) in [6.07, 6.45) is 0. The van der Waals surface area contributed by atoms with E-state index in [4.69, 9.17) is 9.47 Å². The number of anilines is 2. The summed E-state index contributed by atoms with van der Waals surface area (Å²) in [6.45, 7) is 0. The van der Waals surface area contributed by atoms with E-state index in [1.165, 1.54) is 14.2 Å². The van der Waals surface area contributed by atoms with Crippen LogP contribution >= 0.6 is 15.9 Å². The highest BCUT2D eigenvalue weighted by molar-refractivity contribution is 9.10. The molecule has 110 valence electrons. The Balaban J connectivity index is 2.16. The van der Waals surface area contributed by atoms with E-state index in [0.717, 1.165) is 4.47 Å². The van der Waals surface area contributed by atoms with E-state index in [-0.39, 0.29) is 6.03 Å². The van der Waals surface area contributed by atoms with Crippen LogP contribution < -0.4 is 20.1 Å². The summed E-state index contributed by atoms with van der Waals surface area (Å²) in [5.41, 5.74) is 1.16. The Morgan fingerprint density at radius 2 is 1.62 bits per heavy atom. The van der Waals surface area contributed by atoms with Crippen molar-refractivity contribution >= 4 is 33.3 Å². The van der Waals surface area contributed by atoms with Crippen molar-refractivity contribution in [3.63, 3.8) is 0 Å². The van der Waals surface area contributed by atoms with Crippen LogP contribution in [-0.4, -0.2) is 20.3 Å². The molecule has 21 heavy (non-hydrogen) atoms. The van der Waals surface area contributed by atoms with Gasteiger partial charge in [0.15, 0.2) is 0 Å². The topological polar surface area (TPSA) is 59.6 Å². The molecule has 5 nitrogen and oxygen atoms in total. The molecule has 0 fully saturated rings. The Labute approximate surface area is 131 Å². The molecule has 0 heterocycles. The van der Waals surface area contributed by atoms with Crippen LogP contribution in [0.5, 0.6) is 11.5 Å². The SMILES string of the molecule is COc1cccc(OC)c1NC(=O)Nc1cccc(Br)c1. The molecule has 0 aliphatic rings. The number of nitrogens with one attached hydrogen (secondary N) is 2. The first-order valence-corrected chi connectivity index (χ1v) is 6.98. The van der Waals surface area contributed by atoms with E-state index in [2.05, 4.69) is 26.6 Å². The fourth-order valence-electron chi connectivity index (χ4n) is 1.82. The van der Waals surface area contributed by atoms with Crippen molar-refractivity contribution in [2.45, 2.75) is 0 Å². The molecule has 2 aromatic rings. The highest BCUT2D eigenvalue weighted by Crippen LogP contribution is 2.34. The minimum Gasteiger partial charge on any atom is -0.494 e. The zero-order valence-corrected chi connectivity index (χ0v) is 13.2. The number of hydrogen-bond donors (Lipinski definition) is 2. The molecule has 2 aromatic carbocycles. The van der Waals surface area contributed by atoms with Crippen molar-refractivity contribution in [2.75, 3.05) is 24.9 Å². The second-order valence-electron chi connectivity index (χ2n) is 4.13. The first-order chi connectivity index (χ1) is 10.1. The Bertz CT molecular complexity index is 624. The zero-order valence-electron chi connectivity index (χ0n) is 11.6. The van der Waals surface area contributed by atoms with Crippen molar-refractivity contribution in [3.8, 4) is 11.5 Å². The van der Waals surface area contributed by atoms with Crippen LogP contribution in [0.25, 0.3) is 0 Å². The molecular weight excluding hydrogens is 336 g/mol. The van der Waals surface area contributed by atoms with Gasteiger partial charge in [-0.2, -0.15) is 0 Å². The van der Waals surface area contributed by atoms with Crippen LogP contribution in [0.3, 0.4) is 0 Å². The molecule has 0 aromatic heterocycles. The normalized spacial score (nSPS) is 9.86. The van der Waals surface area contributed by atoms with Gasteiger partial charge in [0, 0.05) is 10.2 Å². The fourth-order valence-corrected chi connectivity index (χ4v) is 2.22. The van der Waals surface area contributed by atoms with E-state index in [0.29, 0.717) is 22.9 Å². The average Bonchev–Trinajstić information content (AvgIpc) is 2.47. The van der Waals surface area contributed by atoms with Gasteiger partial charge in [0.2, 0.25) is 0 Å². The smallest absolute Gasteiger partial charge is 0.323 e. The fraction of sp³-hybridized carbons (Fsp3) is 0.133. The van der Waals surface area contributed by atoms with Crippen molar-refractivity contribution < 1.29 is 14.3 Å². The Morgan fingerprint density at radius 3 is 2.19 bits per heavy atom. The van der Waals surface area contributed by atoms with Gasteiger partial charge < -0.3 is 20.1 Å². The molecule has 0 saturated carbocycles. The first kappa shape index (κ1) is 15.2. The number of benzene rings is 2. The average molecular weight is 351 g/mol. The van der Waals surface area contributed by atoms with Gasteiger partial charge in [-0.1, -0.05) is 28.1 Å². The minimum atomic E-state index is -0.379. The van der Waals surface area contributed by atoms with Crippen molar-refractivity contribution in [2.24, 2.45) is 0 Å². The number of amides is 2. The number of rotatable bonds is 4. The summed E-state index contributed by atoms with van der Waals surface area (Å²) in [5.74, 6) is 1.05. The van der Waals surface area contributed by atoms with E-state index in [9.17, 15) is 4.79 Å². The van der Waals surface area contributed by atoms with Gasteiger partial charge in [0.05, 0.1) is 14.2 Å². The molecule has 0 spiro atoms. The second kappa shape index (κ2) is 6.99. The minimum absolute atomic E-state index is 0.379. The molecule has 0 aliphatic heterocycles. The van der Waals surface area contributed by atoms with E-state index in [1.54, 1.807) is 30.3 Å². The summed E-state index contributed by atoms with van der Waals surface area (Å²) in [4.78, 5) is 12.1. The maximum atomic E-state index is 12.1. The molecule has 6 heteroatoms. The van der Waals surface area contributed by atoms with Gasteiger partial charge in [0.1, 0.15) is 17.2 Å². The van der Waals surface area contributed by atoms with Crippen molar-refractivity contribution in [1.29, 1.82) is 0 Å². The van der Waals surface area contributed by atoms with Gasteiger partial charge in [-0.3, -0.25) is 0 Å². The number of urea groups is 1. The number of ether oxygens (including phenoxy) is 2. The summed E-state index contributed by atoms with van der Waals surface area (Å²) in [6, 6.07) is 12.2. The summed E-state index contributed by atoms with van der Waals surface area (Å²) >= 11 is 3.35. The molecular formula is C15H15BrN2O3. The van der Waals surface area contributed by atoms with E-state index >= 15 is 0 Å². The highest BCUT2D eigenvalue weighted by atomic mass is 79.9. The lowest BCUT2D eigenvalue weighted by Gasteiger charge is -2.14. The van der Waals surface area contributed by atoms with E-state index < -0.39 is 0 Å². The van der Waals surface area contributed by atoms with E-state index in [1.807, 2.05) is 12.1 Å². The molecule has 0 unspecified atom stereocenters. The van der Waals surface area contributed by atoms with Crippen LogP contribution in [0.15, 0.2) is 46.9 Å². The number of methoxy groups -OCH3 is 2. The number of carbonyl (C=O) groups is 1. The van der Waals surface area contributed by atoms with Crippen LogP contribution in [0.1, 0.15) is 0 Å². The zero-order chi connectivity index (χ0) is 15.2. The monoisotopic (exact) mass is 350 g/mol. The molecule has 0 aliphatic carbocycles. The van der Waals surface area contributed by atoms with Crippen LogP contribution in [0, 0.1) is 0 Å². The second-order valence-corrected chi connectivity index (χ2v) is 5.04. The number of para-hydroxylation sites is 1. The van der Waals surface area contributed by atoms with Gasteiger partial charge >= 0.3 is 6.03 Å². The molecule has 2 rings (SSSR count). The number of carbonyl (C=O) groups excluding carboxylic acids is 1. The Hall–Kier alpha value is -2.21. The van der Waals surface area contributed by atoms with Gasteiger partial charge in [0.25, 0.3) is 0 Å². The van der Waals surface area contributed by atoms with Crippen LogP contribution in [-0.2, 0) is 0 Å². The Kier molecular flexibility index (Phi) is 5.05. The third kappa shape index (κ3) is 3.88. The lowest BCUT2D eigenvalue weighted by atomic mass is 10.2. The standard InChI is InChI=1S/C15H15BrN2O3/c1-20-12-7-4-8-13(21-2)14(12)18-15(19)17-11-6-3-5-10(16)9-11/h3-9H,1-2H3,(H2,17,18,19). The molecule has 2 N–H and O–H groups in total. The summed E-state index contributed by atoms with van der Waals surface area (Å²) in [5, 5.41) is 5.48. The molecule has 2 amide bonds. The molecule has 0 atom stereocenters. The third-order valence-corrected chi connectivity index (χ3v) is 3.24. The lowest BCUT2D eigenvalue weighted by Crippen LogP contribution is -2.20. The number of halogens is 1. The predicted octanol–water partition coefficient (Wildman–Crippen LogP) is 4.11. The summed E-state index contributed by atoms with van der Waals surface area (Å²) in [7, 11) is 3.07. The first-order valence-electron chi connectivity index (χ1n) is 6.18. The lowest BCUT2D eigenvalue weighted by molar-refractivity contribution is 0.262. The van der Waals surface area contributed by atoms with Gasteiger partial charge in [-0.05, 0) is 30.3 Å². The van der Waals surface area contributed by atoms with Gasteiger partial charge in [-0.15, -0.1) is 0 Å². The van der Waals surface area contributed by atoms with Crippen LogP contribution in [0.2, 0.25) is 0 Å². The molecule has 0 saturated heterocycles. The van der Waals surface area contributed by atoms with Crippen LogP contribution in [0.4, 0.5) is 16.2 Å². The Morgan fingerprint density at radius 1 is 1.00 bits per heavy atom. The molecule has 0 bridgehead atoms. The summed E-state index contributed by atoms with van der Waals surface area (Å²) < 4.78 is 11.3. The van der Waals surface area contributed by atoms with Crippen molar-refractivity contribution in [3.05, 3.63) is 46.9 Å². The number of hydrogen-bond acceptors (Lipinski definition) is 3. The van der Waals surface area contributed by atoms with Crippen molar-refractivity contribution in [1.82, 2.24) is 0 Å². The largest absolute Gasteiger partial charge is 0.494 e. The quantitative estimate of drug-likeness (QED) is 0.872. The highest BCUT2D eigenvalue weighted by Gasteiger charge is 2.13. The maximum absolute atomic E-state index is 12.1. The third-order valence-electron chi connectivity index (χ3n) is 2.75. The molecule has 0 radical (unpaired) electrons.